The van der Waals surface area contributed by atoms with Gasteiger partial charge in [-0.3, -0.25) is 0 Å². The van der Waals surface area contributed by atoms with Crippen molar-refractivity contribution < 1.29 is 0 Å². The maximum absolute atomic E-state index is 2.42. The predicted molar refractivity (Wildman–Crippen MR) is 140 cm³/mol. The van der Waals surface area contributed by atoms with Crippen LogP contribution in [0.2, 0.25) is 0 Å². The van der Waals surface area contributed by atoms with E-state index < -0.39 is 0 Å². The standard InChI is InChI=1S/C31H22N2/c1-32-25-17-9-8-15-24(25)30-26(32)19-20-28-31(30)29-23(21-11-4-2-5-12-21)16-10-18-27(29)33(28)22-13-6-3-7-14-22/h2-20H,1H3. The van der Waals surface area contributed by atoms with Crippen molar-refractivity contribution in [3.63, 3.8) is 0 Å². The molecule has 0 atom stereocenters. The fourth-order valence-corrected chi connectivity index (χ4v) is 5.51. The molecule has 5 aromatic carbocycles. The first kappa shape index (κ1) is 18.3. The Bertz CT molecular complexity index is 1800. The van der Waals surface area contributed by atoms with Crippen LogP contribution in [0.3, 0.4) is 0 Å². The average molecular weight is 423 g/mol. The Labute approximate surface area is 191 Å². The molecule has 0 N–H and O–H groups in total. The van der Waals surface area contributed by atoms with E-state index >= 15 is 0 Å². The Hall–Kier alpha value is -4.30. The summed E-state index contributed by atoms with van der Waals surface area (Å²) in [6.07, 6.45) is 0. The molecule has 0 aliphatic carbocycles. The zero-order valence-electron chi connectivity index (χ0n) is 18.4. The van der Waals surface area contributed by atoms with Gasteiger partial charge in [-0.15, -0.1) is 0 Å². The Morgan fingerprint density at radius 3 is 1.91 bits per heavy atom. The monoisotopic (exact) mass is 422 g/mol. The van der Waals surface area contributed by atoms with Crippen molar-refractivity contribution in [2.75, 3.05) is 0 Å². The molecule has 0 spiro atoms. The van der Waals surface area contributed by atoms with E-state index in [9.17, 15) is 0 Å². The summed E-state index contributed by atoms with van der Waals surface area (Å²) < 4.78 is 4.74. The lowest BCUT2D eigenvalue weighted by Gasteiger charge is -2.08. The number of fused-ring (bicyclic) bond motifs is 7. The lowest BCUT2D eigenvalue weighted by atomic mass is 9.97. The average Bonchev–Trinajstić information content (AvgIpc) is 3.37. The second kappa shape index (κ2) is 6.85. The van der Waals surface area contributed by atoms with Crippen molar-refractivity contribution in [1.29, 1.82) is 0 Å². The largest absolute Gasteiger partial charge is 0.344 e. The maximum Gasteiger partial charge on any atom is 0.0549 e. The van der Waals surface area contributed by atoms with Crippen LogP contribution in [-0.2, 0) is 7.05 Å². The van der Waals surface area contributed by atoms with E-state index in [1.165, 1.54) is 60.4 Å². The van der Waals surface area contributed by atoms with Crippen molar-refractivity contribution >= 4 is 43.6 Å². The number of aromatic nitrogens is 2. The van der Waals surface area contributed by atoms with Crippen molar-refractivity contribution in [2.45, 2.75) is 0 Å². The van der Waals surface area contributed by atoms with Crippen LogP contribution < -0.4 is 0 Å². The van der Waals surface area contributed by atoms with Crippen molar-refractivity contribution in [1.82, 2.24) is 9.13 Å². The topological polar surface area (TPSA) is 9.86 Å². The number of nitrogens with zero attached hydrogens (tertiary/aromatic N) is 2. The molecule has 156 valence electrons. The first-order valence-electron chi connectivity index (χ1n) is 11.4. The summed E-state index contributed by atoms with van der Waals surface area (Å²) in [6.45, 7) is 0. The third kappa shape index (κ3) is 2.49. The highest BCUT2D eigenvalue weighted by Crippen LogP contribution is 2.44. The van der Waals surface area contributed by atoms with Gasteiger partial charge in [-0.1, -0.05) is 78.9 Å². The van der Waals surface area contributed by atoms with Crippen molar-refractivity contribution in [2.24, 2.45) is 7.05 Å². The van der Waals surface area contributed by atoms with Gasteiger partial charge in [0.2, 0.25) is 0 Å². The lowest BCUT2D eigenvalue weighted by molar-refractivity contribution is 1.01. The van der Waals surface area contributed by atoms with Gasteiger partial charge in [0.05, 0.1) is 11.0 Å². The summed E-state index contributed by atoms with van der Waals surface area (Å²) in [5, 5.41) is 5.26. The van der Waals surface area contributed by atoms with Gasteiger partial charge >= 0.3 is 0 Å². The first-order chi connectivity index (χ1) is 16.3. The van der Waals surface area contributed by atoms with E-state index in [0.717, 1.165) is 0 Å². The highest BCUT2D eigenvalue weighted by molar-refractivity contribution is 6.30. The molecule has 0 fully saturated rings. The van der Waals surface area contributed by atoms with Gasteiger partial charge in [0.1, 0.15) is 0 Å². The summed E-state index contributed by atoms with van der Waals surface area (Å²) >= 11 is 0. The number of benzene rings is 5. The van der Waals surface area contributed by atoms with E-state index in [0.29, 0.717) is 0 Å². The minimum atomic E-state index is 1.18. The van der Waals surface area contributed by atoms with E-state index in [1.54, 1.807) is 0 Å². The van der Waals surface area contributed by atoms with Crippen LogP contribution in [0.15, 0.2) is 115 Å². The molecule has 0 aliphatic heterocycles. The zero-order chi connectivity index (χ0) is 21.9. The highest BCUT2D eigenvalue weighted by Gasteiger charge is 2.20. The molecule has 0 unspecified atom stereocenters. The minimum Gasteiger partial charge on any atom is -0.344 e. The smallest absolute Gasteiger partial charge is 0.0549 e. The van der Waals surface area contributed by atoms with E-state index in [1.807, 2.05) is 0 Å². The maximum atomic E-state index is 2.42. The van der Waals surface area contributed by atoms with Crippen LogP contribution in [0.5, 0.6) is 0 Å². The lowest BCUT2D eigenvalue weighted by Crippen LogP contribution is -1.93. The number of aryl methyl sites for hydroxylation is 1. The summed E-state index contributed by atoms with van der Waals surface area (Å²) in [7, 11) is 2.17. The highest BCUT2D eigenvalue weighted by atomic mass is 15.0. The molecule has 2 nitrogen and oxygen atoms in total. The molecule has 0 radical (unpaired) electrons. The van der Waals surface area contributed by atoms with Crippen LogP contribution >= 0.6 is 0 Å². The number of para-hydroxylation sites is 2. The molecule has 2 aromatic heterocycles. The number of hydrogen-bond donors (Lipinski definition) is 0. The Kier molecular flexibility index (Phi) is 3.80. The molecule has 2 heteroatoms. The van der Waals surface area contributed by atoms with Crippen molar-refractivity contribution in [3.8, 4) is 16.8 Å². The van der Waals surface area contributed by atoms with Gasteiger partial charge < -0.3 is 9.13 Å². The Balaban J connectivity index is 1.79. The molecule has 0 aliphatic rings. The van der Waals surface area contributed by atoms with Gasteiger partial charge in [0.15, 0.2) is 0 Å². The minimum absolute atomic E-state index is 1.18. The van der Waals surface area contributed by atoms with Gasteiger partial charge in [0, 0.05) is 45.3 Å². The quantitative estimate of drug-likeness (QED) is 0.266. The van der Waals surface area contributed by atoms with Crippen LogP contribution in [0.25, 0.3) is 60.4 Å². The second-order valence-corrected chi connectivity index (χ2v) is 8.67. The normalized spacial score (nSPS) is 11.8. The third-order valence-corrected chi connectivity index (χ3v) is 6.93. The zero-order valence-corrected chi connectivity index (χ0v) is 18.4. The number of rotatable bonds is 2. The summed E-state index contributed by atoms with van der Waals surface area (Å²) in [5.74, 6) is 0. The molecule has 7 aromatic rings. The second-order valence-electron chi connectivity index (χ2n) is 8.67. The fraction of sp³-hybridized carbons (Fsp3) is 0.0323. The van der Waals surface area contributed by atoms with Gasteiger partial charge in [-0.2, -0.15) is 0 Å². The fourth-order valence-electron chi connectivity index (χ4n) is 5.51. The van der Waals surface area contributed by atoms with Gasteiger partial charge in [-0.05, 0) is 47.5 Å². The van der Waals surface area contributed by atoms with Gasteiger partial charge in [-0.25, -0.2) is 0 Å². The molecule has 7 rings (SSSR count). The summed E-state index contributed by atoms with van der Waals surface area (Å²) in [4.78, 5) is 0. The molecule has 0 saturated carbocycles. The van der Waals surface area contributed by atoms with E-state index in [-0.39, 0.29) is 0 Å². The molecular formula is C31H22N2. The van der Waals surface area contributed by atoms with Gasteiger partial charge in [0.25, 0.3) is 0 Å². The molecule has 0 saturated heterocycles. The summed E-state index contributed by atoms with van der Waals surface area (Å²) in [6, 6.07) is 41.5. The molecule has 33 heavy (non-hydrogen) atoms. The first-order valence-corrected chi connectivity index (χ1v) is 11.4. The third-order valence-electron chi connectivity index (χ3n) is 6.93. The van der Waals surface area contributed by atoms with Crippen LogP contribution in [0.1, 0.15) is 0 Å². The Morgan fingerprint density at radius 1 is 0.455 bits per heavy atom. The SMILES string of the molecule is Cn1c2ccccc2c2c3c4c(-c5ccccc5)cccc4n(-c4ccccc4)c3ccc21. The molecule has 0 bridgehead atoms. The van der Waals surface area contributed by atoms with Crippen LogP contribution in [-0.4, -0.2) is 9.13 Å². The molecule has 2 heterocycles. The van der Waals surface area contributed by atoms with Crippen molar-refractivity contribution in [3.05, 3.63) is 115 Å². The molecule has 0 amide bonds. The Morgan fingerprint density at radius 2 is 1.09 bits per heavy atom. The molecular weight excluding hydrogens is 400 g/mol. The van der Waals surface area contributed by atoms with E-state index in [2.05, 4.69) is 131 Å². The van der Waals surface area contributed by atoms with Crippen LogP contribution in [0, 0.1) is 0 Å². The van der Waals surface area contributed by atoms with E-state index in [4.69, 9.17) is 0 Å². The summed E-state index contributed by atoms with van der Waals surface area (Å²) in [5.41, 5.74) is 8.70. The van der Waals surface area contributed by atoms with Crippen LogP contribution in [0.4, 0.5) is 0 Å². The number of hydrogen-bond acceptors (Lipinski definition) is 0. The predicted octanol–water partition coefficient (Wildman–Crippen LogP) is 8.10.